The molecule has 10 heteroatoms. The van der Waals surface area contributed by atoms with Crippen LogP contribution in [0.3, 0.4) is 0 Å². The second-order valence-corrected chi connectivity index (χ2v) is 6.13. The van der Waals surface area contributed by atoms with Gasteiger partial charge in [-0.15, -0.1) is 0 Å². The van der Waals surface area contributed by atoms with Crippen LogP contribution in [0.15, 0.2) is 41.8 Å². The molecule has 2 aromatic heterocycles. The zero-order chi connectivity index (χ0) is 19.9. The van der Waals surface area contributed by atoms with Crippen LogP contribution in [-0.2, 0) is 0 Å². The van der Waals surface area contributed by atoms with Gasteiger partial charge in [0.1, 0.15) is 18.0 Å². The summed E-state index contributed by atoms with van der Waals surface area (Å²) < 4.78 is 18.7. The van der Waals surface area contributed by atoms with Crippen molar-refractivity contribution in [3.63, 3.8) is 0 Å². The molecule has 148 valence electrons. The Labute approximate surface area is 161 Å². The van der Waals surface area contributed by atoms with Gasteiger partial charge < -0.3 is 14.7 Å². The van der Waals surface area contributed by atoms with Crippen molar-refractivity contribution in [1.29, 1.82) is 0 Å². The molecule has 0 spiro atoms. The average Bonchev–Trinajstić information content (AvgIpc) is 3.40. The van der Waals surface area contributed by atoms with Crippen LogP contribution in [0.2, 0.25) is 0 Å². The molecule has 1 fully saturated rings. The minimum atomic E-state index is -0.969. The van der Waals surface area contributed by atoms with Gasteiger partial charge in [-0.1, -0.05) is 0 Å². The Balaban J connectivity index is 0.000000211. The summed E-state index contributed by atoms with van der Waals surface area (Å²) in [5.74, 6) is 1.08. The van der Waals surface area contributed by atoms with Crippen LogP contribution in [0.5, 0.6) is 5.88 Å². The number of nitrogens with zero attached hydrogens (tertiary/aromatic N) is 5. The van der Waals surface area contributed by atoms with Gasteiger partial charge in [-0.25, -0.2) is 19.2 Å². The van der Waals surface area contributed by atoms with Crippen LogP contribution < -0.4 is 9.64 Å². The molecule has 1 atom stereocenters. The van der Waals surface area contributed by atoms with E-state index in [0.29, 0.717) is 12.4 Å². The molecule has 0 aromatic carbocycles. The monoisotopic (exact) mass is 388 g/mol. The molecule has 0 radical (unpaired) electrons. The SMILES string of the molecule is COc1ncc(F)cc1[C@H]1CCCN1c1ccn[nH]1.O=C(O)N1C=NC=CC1. The number of methoxy groups -OCH3 is 1. The summed E-state index contributed by atoms with van der Waals surface area (Å²) in [6, 6.07) is 3.49. The van der Waals surface area contributed by atoms with E-state index in [1.165, 1.54) is 18.6 Å². The van der Waals surface area contributed by atoms with Crippen molar-refractivity contribution in [2.75, 3.05) is 25.1 Å². The zero-order valence-electron chi connectivity index (χ0n) is 15.3. The number of halogens is 1. The number of pyridine rings is 1. The Morgan fingerprint density at radius 1 is 1.46 bits per heavy atom. The molecule has 2 aliphatic rings. The molecule has 2 N–H and O–H groups in total. The number of ether oxygens (including phenoxy) is 1. The maximum absolute atomic E-state index is 13.4. The van der Waals surface area contributed by atoms with Crippen LogP contribution in [0.4, 0.5) is 15.0 Å². The van der Waals surface area contributed by atoms with Crippen molar-refractivity contribution in [3.8, 4) is 5.88 Å². The summed E-state index contributed by atoms with van der Waals surface area (Å²) >= 11 is 0. The van der Waals surface area contributed by atoms with Crippen molar-refractivity contribution < 1.29 is 19.0 Å². The number of carboxylic acid groups (broad SMARTS) is 1. The van der Waals surface area contributed by atoms with E-state index < -0.39 is 6.09 Å². The number of hydrogen-bond acceptors (Lipinski definition) is 6. The number of anilines is 1. The van der Waals surface area contributed by atoms with Crippen molar-refractivity contribution in [3.05, 3.63) is 48.2 Å². The molecular weight excluding hydrogens is 367 g/mol. The third-order valence-electron chi connectivity index (χ3n) is 4.39. The minimum Gasteiger partial charge on any atom is -0.481 e. The minimum absolute atomic E-state index is 0.0681. The lowest BCUT2D eigenvalue weighted by Gasteiger charge is -2.26. The van der Waals surface area contributed by atoms with Gasteiger partial charge in [-0.05, 0) is 25.0 Å². The number of nitrogens with one attached hydrogen (secondary N) is 1. The van der Waals surface area contributed by atoms with Crippen LogP contribution in [0.1, 0.15) is 24.4 Å². The second-order valence-electron chi connectivity index (χ2n) is 6.13. The van der Waals surface area contributed by atoms with Gasteiger partial charge in [-0.3, -0.25) is 10.00 Å². The first-order chi connectivity index (χ1) is 13.6. The number of aromatic nitrogens is 3. The average molecular weight is 388 g/mol. The fourth-order valence-corrected chi connectivity index (χ4v) is 3.15. The first kappa shape index (κ1) is 19.3. The molecule has 1 amide bonds. The van der Waals surface area contributed by atoms with Crippen LogP contribution in [-0.4, -0.2) is 57.8 Å². The van der Waals surface area contributed by atoms with Gasteiger partial charge in [0.05, 0.1) is 25.5 Å². The van der Waals surface area contributed by atoms with E-state index in [2.05, 4.69) is 25.1 Å². The van der Waals surface area contributed by atoms with E-state index in [4.69, 9.17) is 9.84 Å². The van der Waals surface area contributed by atoms with Crippen molar-refractivity contribution in [2.45, 2.75) is 18.9 Å². The highest BCUT2D eigenvalue weighted by molar-refractivity contribution is 5.81. The summed E-state index contributed by atoms with van der Waals surface area (Å²) in [5.41, 5.74) is 0.787. The van der Waals surface area contributed by atoms with Gasteiger partial charge >= 0.3 is 6.09 Å². The Morgan fingerprint density at radius 3 is 2.93 bits per heavy atom. The largest absolute Gasteiger partial charge is 0.481 e. The molecule has 4 heterocycles. The predicted octanol–water partition coefficient (Wildman–Crippen LogP) is 2.82. The van der Waals surface area contributed by atoms with Gasteiger partial charge in [0.2, 0.25) is 5.88 Å². The molecule has 1 saturated heterocycles. The van der Waals surface area contributed by atoms with Gasteiger partial charge in [-0.2, -0.15) is 5.10 Å². The number of amides is 1. The van der Waals surface area contributed by atoms with E-state index in [0.717, 1.165) is 35.7 Å². The van der Waals surface area contributed by atoms with E-state index in [-0.39, 0.29) is 11.9 Å². The van der Waals surface area contributed by atoms with Crippen molar-refractivity contribution >= 4 is 18.2 Å². The lowest BCUT2D eigenvalue weighted by molar-refractivity contribution is 0.173. The van der Waals surface area contributed by atoms with Crippen molar-refractivity contribution in [1.82, 2.24) is 20.1 Å². The second kappa shape index (κ2) is 8.98. The molecule has 0 saturated carbocycles. The number of aromatic amines is 1. The summed E-state index contributed by atoms with van der Waals surface area (Å²) in [5, 5.41) is 15.3. The fourth-order valence-electron chi connectivity index (χ4n) is 3.15. The van der Waals surface area contributed by atoms with Gasteiger partial charge in [0.15, 0.2) is 0 Å². The standard InChI is InChI=1S/C13H15FN4O.C5H6N2O2/c1-19-13-10(7-9(14)8-15-13)11-3-2-6-18(11)12-4-5-16-17-12;8-5(9)7-3-1-2-6-4-7/h4-5,7-8,11H,2-3,6H2,1H3,(H,16,17);1-2,4H,3H2,(H,8,9)/t11-;/m1./s1. The predicted molar refractivity (Wildman–Crippen MR) is 101 cm³/mol. The first-order valence-electron chi connectivity index (χ1n) is 8.73. The maximum atomic E-state index is 13.4. The number of aliphatic imine (C=N–C) groups is 1. The van der Waals surface area contributed by atoms with Crippen LogP contribution in [0.25, 0.3) is 0 Å². The molecule has 0 unspecified atom stereocenters. The molecule has 0 aliphatic carbocycles. The third-order valence-corrected chi connectivity index (χ3v) is 4.39. The normalized spacial score (nSPS) is 18.0. The highest BCUT2D eigenvalue weighted by atomic mass is 19.1. The Morgan fingerprint density at radius 2 is 2.32 bits per heavy atom. The number of H-pyrrole nitrogens is 1. The highest BCUT2D eigenvalue weighted by Gasteiger charge is 2.30. The smallest absolute Gasteiger partial charge is 0.412 e. The molecular formula is C18H21FN6O3. The fraction of sp³-hybridized carbons (Fsp3) is 0.333. The first-order valence-corrected chi connectivity index (χ1v) is 8.73. The Hall–Kier alpha value is -3.43. The van der Waals surface area contributed by atoms with Crippen molar-refractivity contribution in [2.24, 2.45) is 4.99 Å². The molecule has 9 nitrogen and oxygen atoms in total. The lowest BCUT2D eigenvalue weighted by atomic mass is 10.1. The summed E-state index contributed by atoms with van der Waals surface area (Å²) in [4.78, 5) is 21.1. The third kappa shape index (κ3) is 4.45. The molecule has 0 bridgehead atoms. The summed E-state index contributed by atoms with van der Waals surface area (Å²) in [6.07, 6.45) is 8.44. The van der Waals surface area contributed by atoms with E-state index in [1.807, 2.05) is 6.07 Å². The van der Waals surface area contributed by atoms with E-state index in [1.54, 1.807) is 25.6 Å². The number of rotatable bonds is 3. The summed E-state index contributed by atoms with van der Waals surface area (Å²) in [6.45, 7) is 1.31. The van der Waals surface area contributed by atoms with Gasteiger partial charge in [0.25, 0.3) is 0 Å². The Kier molecular flexibility index (Phi) is 6.20. The van der Waals surface area contributed by atoms with Crippen LogP contribution in [0, 0.1) is 5.82 Å². The van der Waals surface area contributed by atoms with Crippen LogP contribution >= 0.6 is 0 Å². The lowest BCUT2D eigenvalue weighted by Crippen LogP contribution is -2.29. The molecule has 2 aliphatic heterocycles. The molecule has 28 heavy (non-hydrogen) atoms. The van der Waals surface area contributed by atoms with Gasteiger partial charge in [0, 0.05) is 30.9 Å². The van der Waals surface area contributed by atoms with E-state index >= 15 is 0 Å². The summed E-state index contributed by atoms with van der Waals surface area (Å²) in [7, 11) is 1.55. The highest BCUT2D eigenvalue weighted by Crippen LogP contribution is 2.38. The molecule has 2 aromatic rings. The maximum Gasteiger partial charge on any atom is 0.412 e. The topological polar surface area (TPSA) is 107 Å². The molecule has 4 rings (SSSR count). The Bertz CT molecular complexity index is 855. The quantitative estimate of drug-likeness (QED) is 0.837. The number of carbonyl (C=O) groups is 1. The van der Waals surface area contributed by atoms with E-state index in [9.17, 15) is 9.18 Å². The zero-order valence-corrected chi connectivity index (χ0v) is 15.3. The number of hydrogen-bond donors (Lipinski definition) is 2.